The highest BCUT2D eigenvalue weighted by atomic mass is 16.5. The van der Waals surface area contributed by atoms with Gasteiger partial charge in [0.2, 0.25) is 0 Å². The van der Waals surface area contributed by atoms with Gasteiger partial charge in [-0.25, -0.2) is 9.97 Å². The summed E-state index contributed by atoms with van der Waals surface area (Å²) in [6.07, 6.45) is 0.760. The Morgan fingerprint density at radius 1 is 1.27 bits per heavy atom. The molecule has 0 unspecified atom stereocenters. The zero-order valence-electron chi connectivity index (χ0n) is 9.92. The van der Waals surface area contributed by atoms with Gasteiger partial charge in [0.25, 0.3) is 0 Å². The lowest BCUT2D eigenvalue weighted by Gasteiger charge is -2.10. The van der Waals surface area contributed by atoms with Gasteiger partial charge in [-0.15, -0.1) is 0 Å². The van der Waals surface area contributed by atoms with Gasteiger partial charge in [0.1, 0.15) is 11.6 Å². The fourth-order valence-corrected chi connectivity index (χ4v) is 1.33. The lowest BCUT2D eigenvalue weighted by atomic mass is 10.2. The lowest BCUT2D eigenvalue weighted by Crippen LogP contribution is -2.09. The molecule has 1 aromatic heterocycles. The SMILES string of the molecule is CCNc1nc(CCOC)nc(C)c1C. The van der Waals surface area contributed by atoms with Crippen LogP contribution in [0, 0.1) is 13.8 Å². The van der Waals surface area contributed by atoms with E-state index in [0.717, 1.165) is 35.9 Å². The molecule has 0 aromatic carbocycles. The number of methoxy groups -OCH3 is 1. The number of nitrogens with zero attached hydrogens (tertiary/aromatic N) is 2. The fourth-order valence-electron chi connectivity index (χ4n) is 1.33. The summed E-state index contributed by atoms with van der Waals surface area (Å²) in [6, 6.07) is 0. The van der Waals surface area contributed by atoms with E-state index in [1.807, 2.05) is 13.8 Å². The molecular weight excluding hydrogens is 190 g/mol. The molecule has 0 amide bonds. The fraction of sp³-hybridized carbons (Fsp3) is 0.636. The maximum Gasteiger partial charge on any atom is 0.133 e. The van der Waals surface area contributed by atoms with Gasteiger partial charge in [-0.05, 0) is 20.8 Å². The molecule has 0 saturated carbocycles. The third-order valence-electron chi connectivity index (χ3n) is 2.31. The Morgan fingerprint density at radius 3 is 2.60 bits per heavy atom. The molecule has 1 rings (SSSR count). The smallest absolute Gasteiger partial charge is 0.133 e. The van der Waals surface area contributed by atoms with Crippen molar-refractivity contribution in [2.75, 3.05) is 25.6 Å². The van der Waals surface area contributed by atoms with E-state index in [9.17, 15) is 0 Å². The van der Waals surface area contributed by atoms with Crippen molar-refractivity contribution in [1.29, 1.82) is 0 Å². The van der Waals surface area contributed by atoms with Gasteiger partial charge in [0.05, 0.1) is 6.61 Å². The predicted molar refractivity (Wildman–Crippen MR) is 61.2 cm³/mol. The minimum Gasteiger partial charge on any atom is -0.384 e. The number of ether oxygens (including phenoxy) is 1. The Kier molecular flexibility index (Phi) is 4.49. The van der Waals surface area contributed by atoms with Crippen molar-refractivity contribution < 1.29 is 4.74 Å². The monoisotopic (exact) mass is 209 g/mol. The van der Waals surface area contributed by atoms with Gasteiger partial charge < -0.3 is 10.1 Å². The van der Waals surface area contributed by atoms with Crippen LogP contribution in [0.2, 0.25) is 0 Å². The van der Waals surface area contributed by atoms with E-state index in [1.165, 1.54) is 0 Å². The van der Waals surface area contributed by atoms with E-state index in [4.69, 9.17) is 4.74 Å². The molecule has 0 atom stereocenters. The van der Waals surface area contributed by atoms with Crippen LogP contribution in [0.4, 0.5) is 5.82 Å². The molecule has 0 aliphatic heterocycles. The molecular formula is C11H19N3O. The van der Waals surface area contributed by atoms with Crippen LogP contribution in [0.1, 0.15) is 24.0 Å². The third kappa shape index (κ3) is 3.16. The van der Waals surface area contributed by atoms with E-state index in [1.54, 1.807) is 7.11 Å². The van der Waals surface area contributed by atoms with Crippen LogP contribution in [0.15, 0.2) is 0 Å². The summed E-state index contributed by atoms with van der Waals surface area (Å²) in [5, 5.41) is 3.24. The number of aryl methyl sites for hydroxylation is 1. The summed E-state index contributed by atoms with van der Waals surface area (Å²) in [6.45, 7) is 7.64. The molecule has 0 spiro atoms. The molecule has 1 N–H and O–H groups in total. The van der Waals surface area contributed by atoms with Crippen molar-refractivity contribution in [3.63, 3.8) is 0 Å². The van der Waals surface area contributed by atoms with E-state index in [2.05, 4.69) is 22.2 Å². The summed E-state index contributed by atoms with van der Waals surface area (Å²) in [5.41, 5.74) is 2.16. The average molecular weight is 209 g/mol. The van der Waals surface area contributed by atoms with Gasteiger partial charge in [-0.1, -0.05) is 0 Å². The summed E-state index contributed by atoms with van der Waals surface area (Å²) in [5.74, 6) is 1.78. The molecule has 1 aromatic rings. The minimum absolute atomic E-state index is 0.661. The van der Waals surface area contributed by atoms with Crippen molar-refractivity contribution >= 4 is 5.82 Å². The van der Waals surface area contributed by atoms with Gasteiger partial charge in [0, 0.05) is 31.3 Å². The first kappa shape index (κ1) is 11.9. The van der Waals surface area contributed by atoms with Crippen molar-refractivity contribution in [1.82, 2.24) is 9.97 Å². The molecule has 1 heterocycles. The van der Waals surface area contributed by atoms with E-state index in [0.29, 0.717) is 6.61 Å². The highest BCUT2D eigenvalue weighted by Gasteiger charge is 2.06. The van der Waals surface area contributed by atoms with Crippen molar-refractivity contribution in [2.24, 2.45) is 0 Å². The maximum absolute atomic E-state index is 5.02. The largest absolute Gasteiger partial charge is 0.384 e. The molecule has 0 aliphatic rings. The number of hydrogen-bond donors (Lipinski definition) is 1. The first-order valence-corrected chi connectivity index (χ1v) is 5.26. The normalized spacial score (nSPS) is 10.4. The van der Waals surface area contributed by atoms with Crippen LogP contribution in [0.25, 0.3) is 0 Å². The molecule has 15 heavy (non-hydrogen) atoms. The van der Waals surface area contributed by atoms with Crippen LogP contribution >= 0.6 is 0 Å². The average Bonchev–Trinajstić information content (AvgIpc) is 2.22. The molecule has 0 bridgehead atoms. The van der Waals surface area contributed by atoms with Gasteiger partial charge in [-0.3, -0.25) is 0 Å². The molecule has 0 saturated heterocycles. The van der Waals surface area contributed by atoms with E-state index < -0.39 is 0 Å². The molecule has 0 fully saturated rings. The zero-order chi connectivity index (χ0) is 11.3. The van der Waals surface area contributed by atoms with Gasteiger partial charge in [-0.2, -0.15) is 0 Å². The van der Waals surface area contributed by atoms with Crippen LogP contribution in [0.3, 0.4) is 0 Å². The summed E-state index contributed by atoms with van der Waals surface area (Å²) in [7, 11) is 1.69. The number of nitrogens with one attached hydrogen (secondary N) is 1. The Morgan fingerprint density at radius 2 is 2.00 bits per heavy atom. The van der Waals surface area contributed by atoms with E-state index in [-0.39, 0.29) is 0 Å². The topological polar surface area (TPSA) is 47.0 Å². The number of anilines is 1. The van der Waals surface area contributed by atoms with Crippen LogP contribution in [-0.4, -0.2) is 30.2 Å². The molecule has 0 aliphatic carbocycles. The summed E-state index contributed by atoms with van der Waals surface area (Å²) >= 11 is 0. The minimum atomic E-state index is 0.661. The number of hydrogen-bond acceptors (Lipinski definition) is 4. The second kappa shape index (κ2) is 5.66. The standard InChI is InChI=1S/C11H19N3O/c1-5-12-11-8(2)9(3)13-10(14-11)6-7-15-4/h5-7H2,1-4H3,(H,12,13,14). The maximum atomic E-state index is 5.02. The van der Waals surface area contributed by atoms with Crippen molar-refractivity contribution in [3.8, 4) is 0 Å². The Bertz CT molecular complexity index is 326. The van der Waals surface area contributed by atoms with Crippen LogP contribution in [-0.2, 0) is 11.2 Å². The van der Waals surface area contributed by atoms with Gasteiger partial charge in [0.15, 0.2) is 0 Å². The first-order chi connectivity index (χ1) is 7.19. The van der Waals surface area contributed by atoms with Crippen LogP contribution in [0.5, 0.6) is 0 Å². The highest BCUT2D eigenvalue weighted by molar-refractivity contribution is 5.45. The Labute approximate surface area is 91.1 Å². The lowest BCUT2D eigenvalue weighted by molar-refractivity contribution is 0.200. The number of rotatable bonds is 5. The Balaban J connectivity index is 2.90. The number of aromatic nitrogens is 2. The summed E-state index contributed by atoms with van der Waals surface area (Å²) in [4.78, 5) is 8.88. The highest BCUT2D eigenvalue weighted by Crippen LogP contribution is 2.14. The third-order valence-corrected chi connectivity index (χ3v) is 2.31. The van der Waals surface area contributed by atoms with Crippen LogP contribution < -0.4 is 5.32 Å². The molecule has 0 radical (unpaired) electrons. The quantitative estimate of drug-likeness (QED) is 0.802. The van der Waals surface area contributed by atoms with Crippen molar-refractivity contribution in [2.45, 2.75) is 27.2 Å². The Hall–Kier alpha value is -1.16. The predicted octanol–water partition coefficient (Wildman–Crippen LogP) is 1.71. The molecule has 84 valence electrons. The first-order valence-electron chi connectivity index (χ1n) is 5.26. The second-order valence-electron chi connectivity index (χ2n) is 3.47. The van der Waals surface area contributed by atoms with Crippen molar-refractivity contribution in [3.05, 3.63) is 17.1 Å². The summed E-state index contributed by atoms with van der Waals surface area (Å²) < 4.78 is 5.02. The second-order valence-corrected chi connectivity index (χ2v) is 3.47. The molecule has 4 nitrogen and oxygen atoms in total. The van der Waals surface area contributed by atoms with E-state index >= 15 is 0 Å². The zero-order valence-corrected chi connectivity index (χ0v) is 9.92. The molecule has 4 heteroatoms. The van der Waals surface area contributed by atoms with Gasteiger partial charge >= 0.3 is 0 Å².